The Morgan fingerprint density at radius 1 is 1.46 bits per heavy atom. The average molecular weight is 339 g/mol. The summed E-state index contributed by atoms with van der Waals surface area (Å²) < 4.78 is 10.2. The molecule has 2 rings (SSSR count). The Hall–Kier alpha value is -2.16. The SMILES string of the molecule is COCCN1CN(C(=O)N[C@H](C)c2nc(C(C)(C)C)no2)CC1=O. The Morgan fingerprint density at radius 2 is 2.17 bits per heavy atom. The van der Waals surface area contributed by atoms with E-state index < -0.39 is 6.04 Å². The standard InChI is InChI=1S/C15H25N5O4/c1-10(12-17-13(18-24-12)15(2,3)4)16-14(22)20-8-11(21)19(9-20)6-7-23-5/h10H,6-9H2,1-5H3,(H,16,22)/t10-/m1/s1. The summed E-state index contributed by atoms with van der Waals surface area (Å²) in [5.41, 5.74) is -0.227. The number of nitrogens with one attached hydrogen (secondary N) is 1. The van der Waals surface area contributed by atoms with E-state index in [2.05, 4.69) is 15.5 Å². The number of carbonyl (C=O) groups excluding carboxylic acids is 2. The number of urea groups is 1. The highest BCUT2D eigenvalue weighted by Crippen LogP contribution is 2.21. The van der Waals surface area contributed by atoms with Crippen LogP contribution in [0.15, 0.2) is 4.52 Å². The molecule has 0 aliphatic carbocycles. The van der Waals surface area contributed by atoms with Gasteiger partial charge in [0.1, 0.15) is 12.6 Å². The molecule has 1 aromatic heterocycles. The van der Waals surface area contributed by atoms with Crippen LogP contribution in [0.25, 0.3) is 0 Å². The smallest absolute Gasteiger partial charge is 0.319 e. The largest absolute Gasteiger partial charge is 0.383 e. The van der Waals surface area contributed by atoms with E-state index in [1.165, 1.54) is 4.90 Å². The lowest BCUT2D eigenvalue weighted by Gasteiger charge is -2.19. The normalized spacial score (nSPS) is 16.6. The van der Waals surface area contributed by atoms with E-state index >= 15 is 0 Å². The number of hydrogen-bond acceptors (Lipinski definition) is 6. The van der Waals surface area contributed by atoms with Crippen LogP contribution in [0.4, 0.5) is 4.79 Å². The van der Waals surface area contributed by atoms with Crippen LogP contribution in [0.1, 0.15) is 45.5 Å². The second-order valence-electron chi connectivity index (χ2n) is 6.87. The zero-order valence-corrected chi connectivity index (χ0v) is 14.8. The number of hydrogen-bond donors (Lipinski definition) is 1. The highest BCUT2D eigenvalue weighted by atomic mass is 16.5. The van der Waals surface area contributed by atoms with Crippen molar-refractivity contribution in [2.24, 2.45) is 0 Å². The molecule has 0 radical (unpaired) electrons. The number of rotatable bonds is 5. The first-order valence-corrected chi connectivity index (χ1v) is 7.88. The van der Waals surface area contributed by atoms with Crippen molar-refractivity contribution < 1.29 is 18.8 Å². The van der Waals surface area contributed by atoms with Crippen LogP contribution in [0.2, 0.25) is 0 Å². The monoisotopic (exact) mass is 339 g/mol. The fraction of sp³-hybridized carbons (Fsp3) is 0.733. The Morgan fingerprint density at radius 3 is 2.75 bits per heavy atom. The Kier molecular flexibility index (Phi) is 5.43. The average Bonchev–Trinajstić information content (AvgIpc) is 3.11. The van der Waals surface area contributed by atoms with Crippen molar-refractivity contribution in [2.45, 2.75) is 39.2 Å². The predicted molar refractivity (Wildman–Crippen MR) is 85.1 cm³/mol. The Balaban J connectivity index is 1.92. The number of ether oxygens (including phenoxy) is 1. The van der Waals surface area contributed by atoms with Crippen molar-refractivity contribution >= 4 is 11.9 Å². The van der Waals surface area contributed by atoms with Crippen molar-refractivity contribution in [1.29, 1.82) is 0 Å². The first-order chi connectivity index (χ1) is 11.2. The van der Waals surface area contributed by atoms with E-state index in [0.29, 0.717) is 24.9 Å². The van der Waals surface area contributed by atoms with Gasteiger partial charge in [-0.25, -0.2) is 4.79 Å². The van der Waals surface area contributed by atoms with Crippen LogP contribution >= 0.6 is 0 Å². The number of methoxy groups -OCH3 is 1. The molecular weight excluding hydrogens is 314 g/mol. The highest BCUT2D eigenvalue weighted by molar-refractivity contribution is 5.87. The van der Waals surface area contributed by atoms with Gasteiger partial charge in [-0.15, -0.1) is 0 Å². The van der Waals surface area contributed by atoms with Gasteiger partial charge in [0.25, 0.3) is 0 Å². The summed E-state index contributed by atoms with van der Waals surface area (Å²) in [5.74, 6) is 0.832. The summed E-state index contributed by atoms with van der Waals surface area (Å²) >= 11 is 0. The maximum Gasteiger partial charge on any atom is 0.319 e. The molecule has 0 unspecified atom stereocenters. The van der Waals surface area contributed by atoms with Gasteiger partial charge in [0.2, 0.25) is 11.8 Å². The molecule has 9 heteroatoms. The molecule has 1 N–H and O–H groups in total. The van der Waals surface area contributed by atoms with Gasteiger partial charge in [0.15, 0.2) is 5.82 Å². The molecule has 0 saturated carbocycles. The first-order valence-electron chi connectivity index (χ1n) is 7.88. The molecule has 1 fully saturated rings. The van der Waals surface area contributed by atoms with Crippen molar-refractivity contribution in [3.05, 3.63) is 11.7 Å². The third kappa shape index (κ3) is 4.22. The summed E-state index contributed by atoms with van der Waals surface area (Å²) in [4.78, 5) is 31.5. The topological polar surface area (TPSA) is 101 Å². The molecule has 1 aromatic rings. The van der Waals surface area contributed by atoms with Crippen LogP contribution in [0, 0.1) is 0 Å². The maximum absolute atomic E-state index is 12.3. The summed E-state index contributed by atoms with van der Waals surface area (Å²) in [6.07, 6.45) is 0. The summed E-state index contributed by atoms with van der Waals surface area (Å²) in [5, 5.41) is 6.72. The van der Waals surface area contributed by atoms with E-state index in [1.807, 2.05) is 20.8 Å². The van der Waals surface area contributed by atoms with Crippen molar-refractivity contribution in [3.63, 3.8) is 0 Å². The Bertz CT molecular complexity index is 595. The van der Waals surface area contributed by atoms with Crippen molar-refractivity contribution in [2.75, 3.05) is 33.5 Å². The van der Waals surface area contributed by atoms with Gasteiger partial charge in [-0.05, 0) is 6.92 Å². The molecule has 1 atom stereocenters. The molecule has 3 amide bonds. The van der Waals surface area contributed by atoms with Gasteiger partial charge in [-0.1, -0.05) is 25.9 Å². The van der Waals surface area contributed by atoms with Crippen LogP contribution in [-0.4, -0.2) is 65.4 Å². The fourth-order valence-electron chi connectivity index (χ4n) is 2.19. The molecule has 24 heavy (non-hydrogen) atoms. The summed E-state index contributed by atoms with van der Waals surface area (Å²) in [6.45, 7) is 8.91. The van der Waals surface area contributed by atoms with Crippen LogP contribution in [0.5, 0.6) is 0 Å². The van der Waals surface area contributed by atoms with Crippen molar-refractivity contribution in [1.82, 2.24) is 25.3 Å². The van der Waals surface area contributed by atoms with Crippen molar-refractivity contribution in [3.8, 4) is 0 Å². The molecule has 1 aliphatic heterocycles. The maximum atomic E-state index is 12.3. The molecule has 0 spiro atoms. The predicted octanol–water partition coefficient (Wildman–Crippen LogP) is 0.886. The molecule has 134 valence electrons. The minimum atomic E-state index is -0.441. The summed E-state index contributed by atoms with van der Waals surface area (Å²) in [6, 6.07) is -0.782. The summed E-state index contributed by atoms with van der Waals surface area (Å²) in [7, 11) is 1.57. The lowest BCUT2D eigenvalue weighted by Crippen LogP contribution is -2.41. The van der Waals surface area contributed by atoms with E-state index in [0.717, 1.165) is 0 Å². The van der Waals surface area contributed by atoms with Gasteiger partial charge < -0.3 is 19.5 Å². The highest BCUT2D eigenvalue weighted by Gasteiger charge is 2.32. The first kappa shape index (κ1) is 18.2. The quantitative estimate of drug-likeness (QED) is 0.855. The number of aromatic nitrogens is 2. The molecule has 0 aromatic carbocycles. The zero-order valence-electron chi connectivity index (χ0n) is 14.8. The molecule has 2 heterocycles. The Labute approximate surface area is 141 Å². The lowest BCUT2D eigenvalue weighted by atomic mass is 9.96. The zero-order chi connectivity index (χ0) is 17.9. The lowest BCUT2D eigenvalue weighted by molar-refractivity contribution is -0.127. The second kappa shape index (κ2) is 7.16. The number of nitrogens with zero attached hydrogens (tertiary/aromatic N) is 4. The van der Waals surface area contributed by atoms with Crippen LogP contribution in [0.3, 0.4) is 0 Å². The van der Waals surface area contributed by atoms with Crippen LogP contribution in [-0.2, 0) is 14.9 Å². The molecule has 1 aliphatic rings. The van der Waals surface area contributed by atoms with E-state index in [9.17, 15) is 9.59 Å². The van der Waals surface area contributed by atoms with Gasteiger partial charge >= 0.3 is 6.03 Å². The van der Waals surface area contributed by atoms with E-state index in [1.54, 1.807) is 18.9 Å². The van der Waals surface area contributed by atoms with Gasteiger partial charge in [-0.3, -0.25) is 9.69 Å². The fourth-order valence-corrected chi connectivity index (χ4v) is 2.19. The van der Waals surface area contributed by atoms with Crippen LogP contribution < -0.4 is 5.32 Å². The molecule has 1 saturated heterocycles. The van der Waals surface area contributed by atoms with Gasteiger partial charge in [0.05, 0.1) is 13.3 Å². The van der Waals surface area contributed by atoms with E-state index in [-0.39, 0.29) is 30.6 Å². The van der Waals surface area contributed by atoms with Gasteiger partial charge in [-0.2, -0.15) is 4.98 Å². The second-order valence-corrected chi connectivity index (χ2v) is 6.87. The molecule has 0 bridgehead atoms. The third-order valence-electron chi connectivity index (χ3n) is 3.70. The molecule has 9 nitrogen and oxygen atoms in total. The third-order valence-corrected chi connectivity index (χ3v) is 3.70. The minimum Gasteiger partial charge on any atom is -0.383 e. The number of amides is 3. The minimum absolute atomic E-state index is 0.0549. The van der Waals surface area contributed by atoms with Gasteiger partial charge in [0, 0.05) is 19.1 Å². The van der Waals surface area contributed by atoms with E-state index in [4.69, 9.17) is 9.26 Å². The number of carbonyl (C=O) groups is 2. The molecular formula is C15H25N5O4.